The lowest BCUT2D eigenvalue weighted by Crippen LogP contribution is -2.54. The number of benzene rings is 1. The molecule has 2 aliphatic heterocycles. The van der Waals surface area contributed by atoms with Crippen LogP contribution in [0.4, 0.5) is 30.5 Å². The number of rotatable bonds is 6. The summed E-state index contributed by atoms with van der Waals surface area (Å²) in [7, 11) is 0. The van der Waals surface area contributed by atoms with Gasteiger partial charge >= 0.3 is 6.18 Å². The SMILES string of the molecule is C[C@H]1CN(c2ccc(Nc3ncc(C(F)(F)F)c(-c4cc5c(s4)C(=O)N(C4CC4)CCS5)n3)c(C3CC3)c2)C[C@H](C)N1. The average molecular weight is 615 g/mol. The normalized spacial score (nSPS) is 23.1. The lowest BCUT2D eigenvalue weighted by molar-refractivity contribution is -0.137. The van der Waals surface area contributed by atoms with Crippen LogP contribution in [-0.2, 0) is 6.18 Å². The quantitative estimate of drug-likeness (QED) is 0.319. The van der Waals surface area contributed by atoms with Crippen molar-refractivity contribution in [3.05, 3.63) is 46.5 Å². The van der Waals surface area contributed by atoms with Crippen molar-refractivity contribution >= 4 is 46.3 Å². The Morgan fingerprint density at radius 2 is 1.83 bits per heavy atom. The number of carbonyl (C=O) groups excluding carboxylic acids is 1. The number of halogens is 3. The van der Waals surface area contributed by atoms with Gasteiger partial charge in [-0.15, -0.1) is 23.1 Å². The molecule has 0 spiro atoms. The molecule has 2 aromatic heterocycles. The van der Waals surface area contributed by atoms with Crippen LogP contribution in [0, 0.1) is 0 Å². The van der Waals surface area contributed by atoms with Gasteiger partial charge < -0.3 is 20.4 Å². The van der Waals surface area contributed by atoms with Crippen LogP contribution in [0.3, 0.4) is 0 Å². The second-order valence-corrected chi connectivity index (χ2v) is 14.1. The molecule has 42 heavy (non-hydrogen) atoms. The maximum absolute atomic E-state index is 14.2. The molecule has 0 bridgehead atoms. The number of aromatic nitrogens is 2. The van der Waals surface area contributed by atoms with Crippen LogP contribution in [0.15, 0.2) is 35.4 Å². The van der Waals surface area contributed by atoms with Crippen molar-refractivity contribution < 1.29 is 18.0 Å². The van der Waals surface area contributed by atoms with Crippen molar-refractivity contribution in [3.63, 3.8) is 0 Å². The molecule has 1 aromatic carbocycles. The number of thioether (sulfide) groups is 1. The van der Waals surface area contributed by atoms with Crippen LogP contribution < -0.4 is 15.5 Å². The number of alkyl halides is 3. The van der Waals surface area contributed by atoms with E-state index in [1.807, 2.05) is 11.0 Å². The first-order valence-electron chi connectivity index (χ1n) is 14.6. The lowest BCUT2D eigenvalue weighted by Gasteiger charge is -2.38. The van der Waals surface area contributed by atoms with Gasteiger partial charge in [0.2, 0.25) is 5.95 Å². The number of nitrogens with zero attached hydrogens (tertiary/aromatic N) is 4. The molecule has 2 aliphatic carbocycles. The van der Waals surface area contributed by atoms with Crippen LogP contribution in [0.25, 0.3) is 10.6 Å². The lowest BCUT2D eigenvalue weighted by atomic mass is 10.0. The van der Waals surface area contributed by atoms with Crippen LogP contribution >= 0.6 is 23.1 Å². The number of anilines is 3. The van der Waals surface area contributed by atoms with E-state index in [0.717, 1.165) is 83.9 Å². The molecule has 0 unspecified atom stereocenters. The fourth-order valence-electron chi connectivity index (χ4n) is 6.06. The average Bonchev–Trinajstić information content (AvgIpc) is 3.87. The molecule has 1 saturated heterocycles. The number of carbonyl (C=O) groups is 1. The maximum atomic E-state index is 14.2. The number of piperazine rings is 1. The molecule has 0 radical (unpaired) electrons. The standard InChI is InChI=1S/C30H33F3N6OS2/c1-16-14-38(15-17(2)35-16)20-7-8-23(21(11-20)18-3-4-18)36-29-34-13-22(30(31,32)33)26(37-29)24-12-25-27(42-24)28(40)39(9-10-41-25)19-5-6-19/h7-8,11-13,16-19,35H,3-6,9-10,14-15H2,1-2H3,(H,34,36,37)/t16-,17-/m0/s1. The minimum Gasteiger partial charge on any atom is -0.368 e. The summed E-state index contributed by atoms with van der Waals surface area (Å²) in [6.45, 7) is 6.86. The topological polar surface area (TPSA) is 73.4 Å². The van der Waals surface area contributed by atoms with Crippen LogP contribution in [0.2, 0.25) is 0 Å². The Morgan fingerprint density at radius 3 is 2.52 bits per heavy atom. The Hall–Kier alpha value is -2.83. The van der Waals surface area contributed by atoms with E-state index < -0.39 is 11.7 Å². The van der Waals surface area contributed by atoms with Crippen molar-refractivity contribution in [1.82, 2.24) is 20.2 Å². The molecule has 2 N–H and O–H groups in total. The van der Waals surface area contributed by atoms with E-state index in [-0.39, 0.29) is 23.6 Å². The van der Waals surface area contributed by atoms with E-state index in [9.17, 15) is 18.0 Å². The highest BCUT2D eigenvalue weighted by Crippen LogP contribution is 2.47. The Balaban J connectivity index is 1.22. The summed E-state index contributed by atoms with van der Waals surface area (Å²) in [5.41, 5.74) is 2.01. The van der Waals surface area contributed by atoms with Crippen molar-refractivity contribution in [1.29, 1.82) is 0 Å². The van der Waals surface area contributed by atoms with Gasteiger partial charge in [0, 0.05) is 66.0 Å². The van der Waals surface area contributed by atoms with Gasteiger partial charge in [-0.3, -0.25) is 4.79 Å². The third-order valence-corrected chi connectivity index (χ3v) is 10.6. The van der Waals surface area contributed by atoms with Crippen LogP contribution in [0.1, 0.15) is 66.2 Å². The van der Waals surface area contributed by atoms with Crippen LogP contribution in [0.5, 0.6) is 0 Å². The maximum Gasteiger partial charge on any atom is 0.420 e. The fourth-order valence-corrected chi connectivity index (χ4v) is 8.37. The smallest absolute Gasteiger partial charge is 0.368 e. The summed E-state index contributed by atoms with van der Waals surface area (Å²) in [6.07, 6.45) is 0.354. The third-order valence-electron chi connectivity index (χ3n) is 8.28. The molecule has 222 valence electrons. The first kappa shape index (κ1) is 28.0. The Morgan fingerprint density at radius 1 is 1.07 bits per heavy atom. The fraction of sp³-hybridized carbons (Fsp3) is 0.500. The highest BCUT2D eigenvalue weighted by molar-refractivity contribution is 7.99. The van der Waals surface area contributed by atoms with E-state index in [1.165, 1.54) is 11.8 Å². The summed E-state index contributed by atoms with van der Waals surface area (Å²) in [6, 6.07) is 8.98. The molecule has 3 aromatic rings. The van der Waals surface area contributed by atoms with Gasteiger partial charge in [0.25, 0.3) is 5.91 Å². The summed E-state index contributed by atoms with van der Waals surface area (Å²) >= 11 is 2.62. The number of fused-ring (bicyclic) bond motifs is 1. The number of hydrogen-bond acceptors (Lipinski definition) is 8. The number of amides is 1. The van der Waals surface area contributed by atoms with Gasteiger partial charge in [-0.05, 0) is 75.3 Å². The summed E-state index contributed by atoms with van der Waals surface area (Å²) in [5, 5.41) is 6.81. The zero-order valence-corrected chi connectivity index (χ0v) is 25.1. The van der Waals surface area contributed by atoms with Crippen molar-refractivity contribution in [2.45, 2.75) is 74.6 Å². The van der Waals surface area contributed by atoms with Crippen molar-refractivity contribution in [3.8, 4) is 10.6 Å². The van der Waals surface area contributed by atoms with Crippen molar-refractivity contribution in [2.24, 2.45) is 0 Å². The van der Waals surface area contributed by atoms with Crippen molar-refractivity contribution in [2.75, 3.05) is 35.6 Å². The largest absolute Gasteiger partial charge is 0.420 e. The number of nitrogens with one attached hydrogen (secondary N) is 2. The number of hydrogen-bond donors (Lipinski definition) is 2. The highest BCUT2D eigenvalue weighted by Gasteiger charge is 2.39. The predicted molar refractivity (Wildman–Crippen MR) is 161 cm³/mol. The van der Waals surface area contributed by atoms with E-state index in [4.69, 9.17) is 0 Å². The van der Waals surface area contributed by atoms with Gasteiger partial charge in [0.1, 0.15) is 10.4 Å². The molecule has 2 saturated carbocycles. The van der Waals surface area contributed by atoms with Gasteiger partial charge in [0.15, 0.2) is 0 Å². The van der Waals surface area contributed by atoms with Gasteiger partial charge in [0.05, 0.1) is 10.6 Å². The molecule has 4 heterocycles. The van der Waals surface area contributed by atoms with E-state index in [1.54, 1.807) is 6.07 Å². The first-order chi connectivity index (χ1) is 20.1. The second kappa shape index (κ2) is 10.7. The molecule has 7 rings (SSSR count). The Labute approximate surface area is 251 Å². The van der Waals surface area contributed by atoms with Gasteiger partial charge in [-0.1, -0.05) is 0 Å². The van der Waals surface area contributed by atoms with Gasteiger partial charge in [-0.25, -0.2) is 9.97 Å². The minimum atomic E-state index is -4.63. The molecule has 2 atom stereocenters. The second-order valence-electron chi connectivity index (χ2n) is 11.9. The molecule has 1 amide bonds. The monoisotopic (exact) mass is 614 g/mol. The van der Waals surface area contributed by atoms with E-state index in [0.29, 0.717) is 34.3 Å². The van der Waals surface area contributed by atoms with E-state index >= 15 is 0 Å². The zero-order chi connectivity index (χ0) is 29.2. The Bertz CT molecular complexity index is 1510. The molecule has 4 aliphatic rings. The minimum absolute atomic E-state index is 0.0860. The summed E-state index contributed by atoms with van der Waals surface area (Å²) in [4.78, 5) is 27.6. The molecular formula is C30H33F3N6OS2. The predicted octanol–water partition coefficient (Wildman–Crippen LogP) is 6.74. The number of thiophene rings is 1. The van der Waals surface area contributed by atoms with Gasteiger partial charge in [-0.2, -0.15) is 13.2 Å². The highest BCUT2D eigenvalue weighted by atomic mass is 32.2. The molecule has 7 nitrogen and oxygen atoms in total. The Kier molecular flexibility index (Phi) is 7.13. The summed E-state index contributed by atoms with van der Waals surface area (Å²) < 4.78 is 42.5. The van der Waals surface area contributed by atoms with E-state index in [2.05, 4.69) is 51.5 Å². The third kappa shape index (κ3) is 5.60. The first-order valence-corrected chi connectivity index (χ1v) is 16.4. The molecule has 12 heteroatoms. The molecular weight excluding hydrogens is 581 g/mol. The van der Waals surface area contributed by atoms with Crippen LogP contribution in [-0.4, -0.2) is 64.3 Å². The summed E-state index contributed by atoms with van der Waals surface area (Å²) in [5.74, 6) is 1.15. The zero-order valence-electron chi connectivity index (χ0n) is 23.5. The molecule has 3 fully saturated rings.